The monoisotopic (exact) mass is 301 g/mol. The lowest BCUT2D eigenvalue weighted by Crippen LogP contribution is -2.34. The molecule has 21 heavy (non-hydrogen) atoms. The van der Waals surface area contributed by atoms with Crippen molar-refractivity contribution in [2.24, 2.45) is 0 Å². The van der Waals surface area contributed by atoms with E-state index in [9.17, 15) is 0 Å². The first kappa shape index (κ1) is 20.9. The summed E-state index contributed by atoms with van der Waals surface area (Å²) >= 11 is 0. The van der Waals surface area contributed by atoms with Crippen molar-refractivity contribution in [3.63, 3.8) is 0 Å². The summed E-state index contributed by atoms with van der Waals surface area (Å²) in [6.45, 7) is 7.80. The second-order valence-electron chi connectivity index (χ2n) is 5.98. The largest absolute Gasteiger partial charge is 0.382 e. The van der Waals surface area contributed by atoms with E-state index in [-0.39, 0.29) is 0 Å². The van der Waals surface area contributed by atoms with Crippen molar-refractivity contribution in [3.05, 3.63) is 0 Å². The highest BCUT2D eigenvalue weighted by molar-refractivity contribution is 4.66. The molecule has 0 aromatic heterocycles. The smallest absolute Gasteiger partial charge is 0.0701 e. The molecule has 0 aliphatic carbocycles. The molecule has 0 heterocycles. The zero-order valence-corrected chi connectivity index (χ0v) is 14.8. The maximum atomic E-state index is 5.67. The summed E-state index contributed by atoms with van der Waals surface area (Å²) < 4.78 is 10.7. The molecule has 0 aromatic rings. The van der Waals surface area contributed by atoms with Crippen molar-refractivity contribution in [1.29, 1.82) is 0 Å². The lowest BCUT2D eigenvalue weighted by atomic mass is 10.0. The van der Waals surface area contributed by atoms with Crippen LogP contribution in [0.5, 0.6) is 0 Å². The first-order chi connectivity index (χ1) is 10.3. The lowest BCUT2D eigenvalue weighted by Gasteiger charge is -2.18. The average Bonchev–Trinajstić information content (AvgIpc) is 2.50. The van der Waals surface area contributed by atoms with E-state index < -0.39 is 0 Å². The Morgan fingerprint density at radius 1 is 0.810 bits per heavy atom. The van der Waals surface area contributed by atoms with Gasteiger partial charge < -0.3 is 14.8 Å². The number of rotatable bonds is 17. The third kappa shape index (κ3) is 16.1. The standard InChI is InChI=1S/C18H39NO2/c1-4-6-7-8-9-10-11-12-13-18(19-14-5-2)17-21-16-15-20-3/h18-19H,4-17H2,1-3H3. The van der Waals surface area contributed by atoms with Crippen LogP contribution in [0.25, 0.3) is 0 Å². The predicted molar refractivity (Wildman–Crippen MR) is 92.0 cm³/mol. The molecule has 3 nitrogen and oxygen atoms in total. The summed E-state index contributed by atoms with van der Waals surface area (Å²) in [6, 6.07) is 0.516. The third-order valence-corrected chi connectivity index (χ3v) is 3.84. The van der Waals surface area contributed by atoms with E-state index in [0.717, 1.165) is 13.2 Å². The van der Waals surface area contributed by atoms with E-state index in [4.69, 9.17) is 9.47 Å². The van der Waals surface area contributed by atoms with Gasteiger partial charge in [-0.1, -0.05) is 65.2 Å². The van der Waals surface area contributed by atoms with Crippen LogP contribution < -0.4 is 5.32 Å². The molecule has 0 spiro atoms. The Hall–Kier alpha value is -0.120. The first-order valence-corrected chi connectivity index (χ1v) is 9.15. The van der Waals surface area contributed by atoms with Crippen LogP contribution in [0.2, 0.25) is 0 Å². The van der Waals surface area contributed by atoms with Crippen molar-refractivity contribution in [1.82, 2.24) is 5.32 Å². The molecule has 0 saturated carbocycles. The SMILES string of the molecule is CCCCCCCCCCC(COCCOC)NCCC. The van der Waals surface area contributed by atoms with Crippen LogP contribution in [0.15, 0.2) is 0 Å². The van der Waals surface area contributed by atoms with Crippen molar-refractivity contribution >= 4 is 0 Å². The highest BCUT2D eigenvalue weighted by Gasteiger charge is 2.07. The number of nitrogens with one attached hydrogen (secondary N) is 1. The molecule has 1 atom stereocenters. The Balaban J connectivity index is 3.51. The molecular formula is C18H39NO2. The van der Waals surface area contributed by atoms with Crippen LogP contribution in [0, 0.1) is 0 Å². The Bertz CT molecular complexity index is 188. The quantitative estimate of drug-likeness (QED) is 0.400. The molecule has 3 heteroatoms. The molecule has 0 radical (unpaired) electrons. The Kier molecular flexibility index (Phi) is 17.8. The van der Waals surface area contributed by atoms with Gasteiger partial charge >= 0.3 is 0 Å². The molecule has 0 fully saturated rings. The van der Waals surface area contributed by atoms with Crippen LogP contribution in [-0.4, -0.2) is 39.5 Å². The average molecular weight is 302 g/mol. The highest BCUT2D eigenvalue weighted by Crippen LogP contribution is 2.11. The number of ether oxygens (including phenoxy) is 2. The topological polar surface area (TPSA) is 30.5 Å². The van der Waals surface area contributed by atoms with Crippen LogP contribution in [0.3, 0.4) is 0 Å². The van der Waals surface area contributed by atoms with Crippen LogP contribution in [0.1, 0.15) is 78.1 Å². The van der Waals surface area contributed by atoms with Crippen LogP contribution >= 0.6 is 0 Å². The van der Waals surface area contributed by atoms with Gasteiger partial charge in [0, 0.05) is 13.2 Å². The lowest BCUT2D eigenvalue weighted by molar-refractivity contribution is 0.0571. The van der Waals surface area contributed by atoms with Gasteiger partial charge in [0.2, 0.25) is 0 Å². The Labute approximate surface area is 133 Å². The number of hydrogen-bond acceptors (Lipinski definition) is 3. The molecule has 1 unspecified atom stereocenters. The fraction of sp³-hybridized carbons (Fsp3) is 1.00. The molecule has 0 aromatic carbocycles. The molecule has 128 valence electrons. The van der Waals surface area contributed by atoms with E-state index in [1.807, 2.05) is 0 Å². The minimum Gasteiger partial charge on any atom is -0.382 e. The van der Waals surface area contributed by atoms with Gasteiger partial charge in [-0.3, -0.25) is 0 Å². The van der Waals surface area contributed by atoms with Gasteiger partial charge in [0.05, 0.1) is 19.8 Å². The molecule has 0 amide bonds. The van der Waals surface area contributed by atoms with Gasteiger partial charge in [-0.15, -0.1) is 0 Å². The van der Waals surface area contributed by atoms with Crippen LogP contribution in [0.4, 0.5) is 0 Å². The second-order valence-corrected chi connectivity index (χ2v) is 5.98. The van der Waals surface area contributed by atoms with Gasteiger partial charge in [-0.05, 0) is 19.4 Å². The molecule has 0 rings (SSSR count). The molecular weight excluding hydrogens is 262 g/mol. The normalized spacial score (nSPS) is 12.7. The summed E-state index contributed by atoms with van der Waals surface area (Å²) in [5.74, 6) is 0. The van der Waals surface area contributed by atoms with Gasteiger partial charge in [-0.2, -0.15) is 0 Å². The molecule has 0 aliphatic heterocycles. The third-order valence-electron chi connectivity index (χ3n) is 3.84. The van der Waals surface area contributed by atoms with Gasteiger partial charge in [0.15, 0.2) is 0 Å². The van der Waals surface area contributed by atoms with Gasteiger partial charge in [-0.25, -0.2) is 0 Å². The number of unbranched alkanes of at least 4 members (excludes halogenated alkanes) is 7. The van der Waals surface area contributed by atoms with Crippen molar-refractivity contribution in [3.8, 4) is 0 Å². The first-order valence-electron chi connectivity index (χ1n) is 9.15. The maximum Gasteiger partial charge on any atom is 0.0701 e. The van der Waals surface area contributed by atoms with E-state index in [1.54, 1.807) is 7.11 Å². The van der Waals surface area contributed by atoms with Crippen molar-refractivity contribution < 1.29 is 9.47 Å². The van der Waals surface area contributed by atoms with Crippen molar-refractivity contribution in [2.75, 3.05) is 33.5 Å². The molecule has 0 bridgehead atoms. The van der Waals surface area contributed by atoms with Crippen molar-refractivity contribution in [2.45, 2.75) is 84.1 Å². The molecule has 0 saturated heterocycles. The van der Waals surface area contributed by atoms with E-state index >= 15 is 0 Å². The Morgan fingerprint density at radius 2 is 1.48 bits per heavy atom. The summed E-state index contributed by atoms with van der Waals surface area (Å²) in [7, 11) is 1.72. The summed E-state index contributed by atoms with van der Waals surface area (Å²) in [6.07, 6.45) is 13.5. The van der Waals surface area contributed by atoms with Gasteiger partial charge in [0.1, 0.15) is 0 Å². The number of methoxy groups -OCH3 is 1. The number of hydrogen-bond donors (Lipinski definition) is 1. The van der Waals surface area contributed by atoms with E-state index in [2.05, 4.69) is 19.2 Å². The second kappa shape index (κ2) is 17.9. The van der Waals surface area contributed by atoms with E-state index in [1.165, 1.54) is 64.2 Å². The zero-order valence-electron chi connectivity index (χ0n) is 14.8. The van der Waals surface area contributed by atoms with E-state index in [0.29, 0.717) is 19.3 Å². The minimum atomic E-state index is 0.516. The molecule has 1 N–H and O–H groups in total. The predicted octanol–water partition coefficient (Wildman–Crippen LogP) is 4.55. The summed E-state index contributed by atoms with van der Waals surface area (Å²) in [4.78, 5) is 0. The van der Waals surface area contributed by atoms with Gasteiger partial charge in [0.25, 0.3) is 0 Å². The highest BCUT2D eigenvalue weighted by atomic mass is 16.5. The Morgan fingerprint density at radius 3 is 2.10 bits per heavy atom. The summed E-state index contributed by atoms with van der Waals surface area (Å²) in [5.41, 5.74) is 0. The maximum absolute atomic E-state index is 5.67. The zero-order chi connectivity index (χ0) is 15.6. The fourth-order valence-electron chi connectivity index (χ4n) is 2.49. The van der Waals surface area contributed by atoms with Crippen LogP contribution in [-0.2, 0) is 9.47 Å². The summed E-state index contributed by atoms with van der Waals surface area (Å²) in [5, 5.41) is 3.60. The minimum absolute atomic E-state index is 0.516. The molecule has 0 aliphatic rings. The fourth-order valence-corrected chi connectivity index (χ4v) is 2.49.